The van der Waals surface area contributed by atoms with Gasteiger partial charge < -0.3 is 5.32 Å². The summed E-state index contributed by atoms with van der Waals surface area (Å²) >= 11 is 5.86. The largest absolute Gasteiger partial charge is 0.348 e. The van der Waals surface area contributed by atoms with E-state index in [4.69, 9.17) is 11.6 Å². The van der Waals surface area contributed by atoms with Crippen LogP contribution in [0.25, 0.3) is 6.08 Å². The summed E-state index contributed by atoms with van der Waals surface area (Å²) in [5.41, 5.74) is 1.63. The Labute approximate surface area is 132 Å². The van der Waals surface area contributed by atoms with Crippen LogP contribution in [0.1, 0.15) is 11.1 Å². The lowest BCUT2D eigenvalue weighted by Crippen LogP contribution is -2.20. The Bertz CT molecular complexity index is 712. The number of nitro groups is 1. The molecule has 0 fully saturated rings. The van der Waals surface area contributed by atoms with E-state index < -0.39 is 4.92 Å². The smallest absolute Gasteiger partial charge is 0.269 e. The molecule has 0 unspecified atom stereocenters. The molecule has 1 amide bonds. The van der Waals surface area contributed by atoms with Gasteiger partial charge in [0.15, 0.2) is 0 Å². The quantitative estimate of drug-likeness (QED) is 0.520. The van der Waals surface area contributed by atoms with E-state index in [1.807, 2.05) is 12.1 Å². The summed E-state index contributed by atoms with van der Waals surface area (Å²) in [4.78, 5) is 21.8. The molecule has 0 saturated heterocycles. The zero-order valence-electron chi connectivity index (χ0n) is 11.5. The van der Waals surface area contributed by atoms with Gasteiger partial charge in [0, 0.05) is 29.8 Å². The first-order valence-electron chi connectivity index (χ1n) is 6.49. The Hall–Kier alpha value is -2.66. The van der Waals surface area contributed by atoms with Crippen LogP contribution in [0.4, 0.5) is 5.69 Å². The van der Waals surface area contributed by atoms with E-state index in [1.54, 1.807) is 30.3 Å². The molecular weight excluding hydrogens is 304 g/mol. The third kappa shape index (κ3) is 4.71. The highest BCUT2D eigenvalue weighted by molar-refractivity contribution is 6.30. The molecule has 0 aliphatic rings. The molecule has 5 nitrogen and oxygen atoms in total. The Balaban J connectivity index is 1.89. The molecule has 0 heterocycles. The van der Waals surface area contributed by atoms with Crippen LogP contribution in [0, 0.1) is 10.1 Å². The summed E-state index contributed by atoms with van der Waals surface area (Å²) in [6.07, 6.45) is 2.97. The zero-order chi connectivity index (χ0) is 15.9. The maximum absolute atomic E-state index is 11.7. The van der Waals surface area contributed by atoms with E-state index >= 15 is 0 Å². The fourth-order valence-electron chi connectivity index (χ4n) is 1.77. The van der Waals surface area contributed by atoms with Gasteiger partial charge in [0.25, 0.3) is 5.69 Å². The first-order valence-corrected chi connectivity index (χ1v) is 6.87. The third-order valence-electron chi connectivity index (χ3n) is 2.89. The molecule has 0 aliphatic carbocycles. The second kappa shape index (κ2) is 7.38. The summed E-state index contributed by atoms with van der Waals surface area (Å²) in [5, 5.41) is 13.9. The number of hydrogen-bond donors (Lipinski definition) is 1. The van der Waals surface area contributed by atoms with E-state index in [2.05, 4.69) is 5.32 Å². The van der Waals surface area contributed by atoms with Crippen molar-refractivity contribution in [2.24, 2.45) is 0 Å². The number of nitrogens with zero attached hydrogens (tertiary/aromatic N) is 1. The van der Waals surface area contributed by atoms with Crippen molar-refractivity contribution in [2.75, 3.05) is 0 Å². The molecule has 0 aliphatic heterocycles. The Morgan fingerprint density at radius 1 is 1.23 bits per heavy atom. The summed E-state index contributed by atoms with van der Waals surface area (Å²) in [5.74, 6) is -0.252. The Morgan fingerprint density at radius 2 is 1.95 bits per heavy atom. The van der Waals surface area contributed by atoms with Crippen molar-refractivity contribution >= 4 is 29.3 Å². The van der Waals surface area contributed by atoms with Gasteiger partial charge in [-0.15, -0.1) is 0 Å². The third-order valence-corrected chi connectivity index (χ3v) is 3.12. The highest BCUT2D eigenvalue weighted by Gasteiger charge is 2.02. The van der Waals surface area contributed by atoms with Crippen molar-refractivity contribution in [2.45, 2.75) is 6.54 Å². The van der Waals surface area contributed by atoms with E-state index in [0.29, 0.717) is 17.1 Å². The molecule has 2 rings (SSSR count). The lowest BCUT2D eigenvalue weighted by molar-refractivity contribution is -0.384. The summed E-state index contributed by atoms with van der Waals surface area (Å²) < 4.78 is 0. The number of non-ortho nitro benzene ring substituents is 1. The van der Waals surface area contributed by atoms with E-state index in [9.17, 15) is 14.9 Å². The summed E-state index contributed by atoms with van der Waals surface area (Å²) in [6.45, 7) is 0.379. The molecule has 1 N–H and O–H groups in total. The predicted octanol–water partition coefficient (Wildman–Crippen LogP) is 3.58. The van der Waals surface area contributed by atoms with Gasteiger partial charge in [0.05, 0.1) is 4.92 Å². The summed E-state index contributed by atoms with van der Waals surface area (Å²) in [7, 11) is 0. The average molecular weight is 317 g/mol. The second-order valence-electron chi connectivity index (χ2n) is 4.53. The maximum atomic E-state index is 11.7. The van der Waals surface area contributed by atoms with Crippen LogP contribution in [0.2, 0.25) is 5.02 Å². The van der Waals surface area contributed by atoms with Gasteiger partial charge >= 0.3 is 0 Å². The topological polar surface area (TPSA) is 72.2 Å². The molecule has 2 aromatic rings. The van der Waals surface area contributed by atoms with Gasteiger partial charge in [0.2, 0.25) is 5.91 Å². The van der Waals surface area contributed by atoms with Gasteiger partial charge in [-0.3, -0.25) is 14.9 Å². The number of carbonyl (C=O) groups excluding carboxylic acids is 1. The number of rotatable bonds is 5. The van der Waals surface area contributed by atoms with Gasteiger partial charge in [-0.25, -0.2) is 0 Å². The maximum Gasteiger partial charge on any atom is 0.269 e. The normalized spacial score (nSPS) is 10.6. The lowest BCUT2D eigenvalue weighted by Gasteiger charge is -2.02. The van der Waals surface area contributed by atoms with Crippen molar-refractivity contribution in [3.63, 3.8) is 0 Å². The fourth-order valence-corrected chi connectivity index (χ4v) is 1.99. The fraction of sp³-hybridized carbons (Fsp3) is 0.0625. The van der Waals surface area contributed by atoms with Crippen molar-refractivity contribution in [3.8, 4) is 0 Å². The number of halogens is 1. The van der Waals surface area contributed by atoms with Crippen molar-refractivity contribution in [1.29, 1.82) is 0 Å². The van der Waals surface area contributed by atoms with Gasteiger partial charge in [-0.1, -0.05) is 23.7 Å². The number of hydrogen-bond acceptors (Lipinski definition) is 3. The zero-order valence-corrected chi connectivity index (χ0v) is 12.3. The van der Waals surface area contributed by atoms with Crippen molar-refractivity contribution < 1.29 is 9.72 Å². The number of nitro benzene ring substituents is 1. The molecule has 0 spiro atoms. The molecule has 2 aromatic carbocycles. The first kappa shape index (κ1) is 15.7. The highest BCUT2D eigenvalue weighted by Crippen LogP contribution is 2.13. The van der Waals surface area contributed by atoms with Gasteiger partial charge in [-0.05, 0) is 41.5 Å². The Morgan fingerprint density at radius 3 is 2.59 bits per heavy atom. The first-order chi connectivity index (χ1) is 10.5. The van der Waals surface area contributed by atoms with Crippen molar-refractivity contribution in [3.05, 3.63) is 80.9 Å². The molecule has 0 aromatic heterocycles. The predicted molar refractivity (Wildman–Crippen MR) is 85.4 cm³/mol. The van der Waals surface area contributed by atoms with Gasteiger partial charge in [-0.2, -0.15) is 0 Å². The molecule has 6 heteroatoms. The SMILES string of the molecule is O=C(C=Cc1ccc([N+](=O)[O-])cc1)NCc1cccc(Cl)c1. The number of nitrogens with one attached hydrogen (secondary N) is 1. The van der Waals surface area contributed by atoms with Crippen LogP contribution >= 0.6 is 11.6 Å². The molecule has 0 atom stereocenters. The molecule has 0 bridgehead atoms. The van der Waals surface area contributed by atoms with E-state index in [1.165, 1.54) is 18.2 Å². The number of benzene rings is 2. The average Bonchev–Trinajstić information content (AvgIpc) is 2.51. The van der Waals surface area contributed by atoms with Crippen LogP contribution in [0.5, 0.6) is 0 Å². The standard InChI is InChI=1S/C16H13ClN2O3/c17-14-3-1-2-13(10-14)11-18-16(20)9-6-12-4-7-15(8-5-12)19(21)22/h1-10H,11H2,(H,18,20). The number of amides is 1. The second-order valence-corrected chi connectivity index (χ2v) is 4.97. The number of carbonyl (C=O) groups is 1. The monoisotopic (exact) mass is 316 g/mol. The van der Waals surface area contributed by atoms with Gasteiger partial charge in [0.1, 0.15) is 0 Å². The van der Waals surface area contributed by atoms with Crippen LogP contribution in [0.15, 0.2) is 54.6 Å². The molecular formula is C16H13ClN2O3. The van der Waals surface area contributed by atoms with Crippen LogP contribution in [-0.4, -0.2) is 10.8 Å². The van der Waals surface area contributed by atoms with Crippen molar-refractivity contribution in [1.82, 2.24) is 5.32 Å². The minimum atomic E-state index is -0.467. The van der Waals surface area contributed by atoms with Crippen LogP contribution in [0.3, 0.4) is 0 Å². The lowest BCUT2D eigenvalue weighted by atomic mass is 10.2. The van der Waals surface area contributed by atoms with Crippen LogP contribution in [-0.2, 0) is 11.3 Å². The van der Waals surface area contributed by atoms with E-state index in [-0.39, 0.29) is 11.6 Å². The molecule has 0 saturated carbocycles. The molecule has 0 radical (unpaired) electrons. The minimum Gasteiger partial charge on any atom is -0.348 e. The Kier molecular flexibility index (Phi) is 5.27. The van der Waals surface area contributed by atoms with E-state index in [0.717, 1.165) is 5.56 Å². The molecule has 22 heavy (non-hydrogen) atoms. The highest BCUT2D eigenvalue weighted by atomic mass is 35.5. The molecule has 112 valence electrons. The summed E-state index contributed by atoms with van der Waals surface area (Å²) in [6, 6.07) is 13.2. The minimum absolute atomic E-state index is 0.0163. The van der Waals surface area contributed by atoms with Crippen LogP contribution < -0.4 is 5.32 Å².